The maximum absolute atomic E-state index is 5.57. The average Bonchev–Trinajstić information content (AvgIpc) is 3.16. The fourth-order valence-corrected chi connectivity index (χ4v) is 5.81. The Balaban J connectivity index is 0.00000261. The molecular weight excluding hydrogens is 473 g/mol. The van der Waals surface area contributed by atoms with Crippen LogP contribution < -0.4 is 10.6 Å². The van der Waals surface area contributed by atoms with E-state index < -0.39 is 0 Å². The molecule has 0 radical (unpaired) electrons. The van der Waals surface area contributed by atoms with Crippen molar-refractivity contribution in [2.45, 2.75) is 50.7 Å². The van der Waals surface area contributed by atoms with E-state index in [1.165, 1.54) is 43.9 Å². The molecule has 0 spiro atoms. The van der Waals surface area contributed by atoms with Crippen LogP contribution in [0.1, 0.15) is 33.1 Å². The van der Waals surface area contributed by atoms with Gasteiger partial charge >= 0.3 is 0 Å². The number of piperidine rings is 1. The first-order valence-corrected chi connectivity index (χ1v) is 11.4. The Morgan fingerprint density at radius 3 is 2.48 bits per heavy atom. The van der Waals surface area contributed by atoms with Gasteiger partial charge in [-0.25, -0.2) is 0 Å². The van der Waals surface area contributed by atoms with Crippen molar-refractivity contribution in [3.63, 3.8) is 0 Å². The van der Waals surface area contributed by atoms with Crippen LogP contribution >= 0.6 is 35.7 Å². The molecule has 3 heterocycles. The SMILES string of the molecule is CN=C(NCC1(N2CCOCC2)CCSC1)NC1CCN(C(C)C)CC1.I. The van der Waals surface area contributed by atoms with E-state index in [0.29, 0.717) is 12.1 Å². The van der Waals surface area contributed by atoms with Crippen LogP contribution in [-0.4, -0.2) is 97.9 Å². The number of hydrogen-bond donors (Lipinski definition) is 2. The Hall–Kier alpha value is 0.230. The Labute approximate surface area is 186 Å². The molecule has 0 saturated carbocycles. The molecule has 3 saturated heterocycles. The summed E-state index contributed by atoms with van der Waals surface area (Å²) in [6.07, 6.45) is 3.65. The van der Waals surface area contributed by atoms with Gasteiger partial charge in [0, 0.05) is 63.1 Å². The molecule has 0 aromatic rings. The van der Waals surface area contributed by atoms with E-state index in [-0.39, 0.29) is 29.5 Å². The first-order chi connectivity index (χ1) is 12.6. The van der Waals surface area contributed by atoms with Crippen LogP contribution in [-0.2, 0) is 4.74 Å². The number of guanidine groups is 1. The molecule has 0 aliphatic carbocycles. The molecule has 0 aromatic heterocycles. The monoisotopic (exact) mass is 511 g/mol. The van der Waals surface area contributed by atoms with Crippen LogP contribution in [0.4, 0.5) is 0 Å². The molecule has 3 fully saturated rings. The van der Waals surface area contributed by atoms with Crippen molar-refractivity contribution in [2.75, 3.05) is 64.5 Å². The Morgan fingerprint density at radius 2 is 1.93 bits per heavy atom. The molecule has 1 atom stereocenters. The summed E-state index contributed by atoms with van der Waals surface area (Å²) in [6, 6.07) is 1.19. The normalized spacial score (nSPS) is 29.0. The predicted molar refractivity (Wildman–Crippen MR) is 127 cm³/mol. The van der Waals surface area contributed by atoms with Crippen molar-refractivity contribution in [3.05, 3.63) is 0 Å². The second kappa shape index (κ2) is 11.4. The maximum Gasteiger partial charge on any atom is 0.191 e. The third-order valence-electron chi connectivity index (χ3n) is 6.17. The van der Waals surface area contributed by atoms with Gasteiger partial charge in [-0.3, -0.25) is 9.89 Å². The van der Waals surface area contributed by atoms with E-state index in [9.17, 15) is 0 Å². The zero-order chi connectivity index (χ0) is 18.4. The summed E-state index contributed by atoms with van der Waals surface area (Å²) in [6.45, 7) is 11.8. The highest BCUT2D eigenvalue weighted by Gasteiger charge is 2.40. The van der Waals surface area contributed by atoms with Crippen molar-refractivity contribution in [1.29, 1.82) is 0 Å². The highest BCUT2D eigenvalue weighted by atomic mass is 127. The van der Waals surface area contributed by atoms with Crippen molar-refractivity contribution >= 4 is 41.7 Å². The Kier molecular flexibility index (Phi) is 9.95. The van der Waals surface area contributed by atoms with Crippen molar-refractivity contribution in [1.82, 2.24) is 20.4 Å². The molecule has 6 nitrogen and oxygen atoms in total. The predicted octanol–water partition coefficient (Wildman–Crippen LogP) is 1.85. The fourth-order valence-electron chi connectivity index (χ4n) is 4.33. The average molecular weight is 512 g/mol. The van der Waals surface area contributed by atoms with E-state index in [1.54, 1.807) is 0 Å². The van der Waals surface area contributed by atoms with Gasteiger partial charge in [0.25, 0.3) is 0 Å². The Bertz CT molecular complexity index is 459. The van der Waals surface area contributed by atoms with Crippen LogP contribution in [0.2, 0.25) is 0 Å². The van der Waals surface area contributed by atoms with Gasteiger partial charge in [-0.15, -0.1) is 24.0 Å². The van der Waals surface area contributed by atoms with Crippen LogP contribution in [0.25, 0.3) is 0 Å². The van der Waals surface area contributed by atoms with Crippen molar-refractivity contribution < 1.29 is 4.74 Å². The van der Waals surface area contributed by atoms with E-state index in [2.05, 4.69) is 51.0 Å². The van der Waals surface area contributed by atoms with Gasteiger partial charge in [-0.05, 0) is 38.9 Å². The van der Waals surface area contributed by atoms with Gasteiger partial charge in [-0.1, -0.05) is 0 Å². The van der Waals surface area contributed by atoms with E-state index >= 15 is 0 Å². The molecule has 3 rings (SSSR count). The molecule has 0 amide bonds. The number of nitrogens with one attached hydrogen (secondary N) is 2. The van der Waals surface area contributed by atoms with E-state index in [0.717, 1.165) is 38.8 Å². The number of hydrogen-bond acceptors (Lipinski definition) is 5. The lowest BCUT2D eigenvalue weighted by molar-refractivity contribution is -0.0120. The smallest absolute Gasteiger partial charge is 0.191 e. The molecule has 1 unspecified atom stereocenters. The number of ether oxygens (including phenoxy) is 1. The molecule has 8 heteroatoms. The maximum atomic E-state index is 5.57. The van der Waals surface area contributed by atoms with Crippen LogP contribution in [0, 0.1) is 0 Å². The summed E-state index contributed by atoms with van der Waals surface area (Å²) in [4.78, 5) is 9.72. The second-order valence-electron chi connectivity index (χ2n) is 8.10. The molecule has 27 heavy (non-hydrogen) atoms. The molecular formula is C19H38IN5OS. The van der Waals surface area contributed by atoms with Crippen LogP contribution in [0.15, 0.2) is 4.99 Å². The van der Waals surface area contributed by atoms with Gasteiger partial charge < -0.3 is 20.3 Å². The van der Waals surface area contributed by atoms with Crippen LogP contribution in [0.5, 0.6) is 0 Å². The third kappa shape index (κ3) is 6.35. The second-order valence-corrected chi connectivity index (χ2v) is 9.21. The molecule has 0 bridgehead atoms. The number of rotatable bonds is 5. The van der Waals surface area contributed by atoms with Crippen LogP contribution in [0.3, 0.4) is 0 Å². The number of likely N-dealkylation sites (tertiary alicyclic amines) is 1. The molecule has 3 aliphatic rings. The standard InChI is InChI=1S/C19H37N5OS.HI/c1-16(2)23-7-4-17(5-8-23)22-18(20-3)21-14-19(6-13-26-15-19)24-9-11-25-12-10-24;/h16-17H,4-15H2,1-3H3,(H2,20,21,22);1H. The largest absolute Gasteiger partial charge is 0.379 e. The highest BCUT2D eigenvalue weighted by molar-refractivity contribution is 14.0. The summed E-state index contributed by atoms with van der Waals surface area (Å²) in [5.41, 5.74) is 0.257. The van der Waals surface area contributed by atoms with Gasteiger partial charge in [0.2, 0.25) is 0 Å². The summed E-state index contributed by atoms with van der Waals surface area (Å²) in [5.74, 6) is 3.44. The van der Waals surface area contributed by atoms with Crippen molar-refractivity contribution in [2.24, 2.45) is 4.99 Å². The summed E-state index contributed by atoms with van der Waals surface area (Å²) in [5, 5.41) is 7.33. The fraction of sp³-hybridized carbons (Fsp3) is 0.947. The topological polar surface area (TPSA) is 52.1 Å². The lowest BCUT2D eigenvalue weighted by atomic mass is 9.95. The lowest BCUT2D eigenvalue weighted by Crippen LogP contribution is -2.60. The van der Waals surface area contributed by atoms with Gasteiger partial charge in [0.15, 0.2) is 5.96 Å². The molecule has 0 aromatic carbocycles. The number of thioether (sulfide) groups is 1. The number of halogens is 1. The van der Waals surface area contributed by atoms with E-state index in [1.807, 2.05) is 7.05 Å². The zero-order valence-corrected chi connectivity index (χ0v) is 20.4. The number of nitrogens with zero attached hydrogens (tertiary/aromatic N) is 3. The molecule has 2 N–H and O–H groups in total. The number of morpholine rings is 1. The summed E-state index contributed by atoms with van der Waals surface area (Å²) >= 11 is 2.08. The first kappa shape index (κ1) is 23.5. The minimum atomic E-state index is 0. The summed E-state index contributed by atoms with van der Waals surface area (Å²) in [7, 11) is 1.89. The van der Waals surface area contributed by atoms with Crippen molar-refractivity contribution in [3.8, 4) is 0 Å². The van der Waals surface area contributed by atoms with Gasteiger partial charge in [-0.2, -0.15) is 11.8 Å². The Morgan fingerprint density at radius 1 is 1.22 bits per heavy atom. The molecule has 3 aliphatic heterocycles. The quantitative estimate of drug-likeness (QED) is 0.334. The minimum absolute atomic E-state index is 0. The molecule has 158 valence electrons. The third-order valence-corrected chi connectivity index (χ3v) is 7.41. The summed E-state index contributed by atoms with van der Waals surface area (Å²) < 4.78 is 5.57. The van der Waals surface area contributed by atoms with E-state index in [4.69, 9.17) is 4.74 Å². The van der Waals surface area contributed by atoms with Gasteiger partial charge in [0.05, 0.1) is 13.2 Å². The number of aliphatic imine (C=N–C) groups is 1. The minimum Gasteiger partial charge on any atom is -0.379 e. The zero-order valence-electron chi connectivity index (χ0n) is 17.2. The van der Waals surface area contributed by atoms with Gasteiger partial charge in [0.1, 0.15) is 0 Å². The lowest BCUT2D eigenvalue weighted by Gasteiger charge is -2.43. The highest BCUT2D eigenvalue weighted by Crippen LogP contribution is 2.33. The first-order valence-electron chi connectivity index (χ1n) is 10.2.